The fraction of sp³-hybridized carbons (Fsp3) is 0.316. The first-order valence-electron chi connectivity index (χ1n) is 17.0. The fourth-order valence-corrected chi connectivity index (χ4v) is 6.79. The van der Waals surface area contributed by atoms with Crippen LogP contribution in [-0.4, -0.2) is 73.1 Å². The van der Waals surface area contributed by atoms with Crippen molar-refractivity contribution in [2.24, 2.45) is 0 Å². The van der Waals surface area contributed by atoms with E-state index in [1.807, 2.05) is 19.9 Å². The van der Waals surface area contributed by atoms with Crippen LogP contribution in [0.15, 0.2) is 66.9 Å². The van der Waals surface area contributed by atoms with Crippen LogP contribution in [0.2, 0.25) is 0 Å². The Morgan fingerprint density at radius 3 is 2.44 bits per heavy atom. The number of likely N-dealkylation sites (tertiary alicyclic amines) is 1. The maximum atomic E-state index is 14.1. The van der Waals surface area contributed by atoms with Gasteiger partial charge in [0.25, 0.3) is 5.91 Å². The molecule has 52 heavy (non-hydrogen) atoms. The number of aromatic amines is 1. The summed E-state index contributed by atoms with van der Waals surface area (Å²) in [7, 11) is 0. The Balaban J connectivity index is 1.09. The summed E-state index contributed by atoms with van der Waals surface area (Å²) in [6.07, 6.45) is 0.289. The zero-order valence-electron chi connectivity index (χ0n) is 29.5. The third kappa shape index (κ3) is 6.24. The van der Waals surface area contributed by atoms with E-state index in [1.54, 1.807) is 74.2 Å². The van der Waals surface area contributed by atoms with Gasteiger partial charge in [-0.25, -0.2) is 13.9 Å². The van der Waals surface area contributed by atoms with E-state index in [0.29, 0.717) is 59.7 Å². The number of fused-ring (bicyclic) bond motifs is 1. The number of aliphatic hydroxyl groups is 1. The predicted molar refractivity (Wildman–Crippen MR) is 192 cm³/mol. The van der Waals surface area contributed by atoms with Gasteiger partial charge in [0.2, 0.25) is 5.78 Å². The molecule has 4 heterocycles. The van der Waals surface area contributed by atoms with Gasteiger partial charge >= 0.3 is 6.09 Å². The number of hydrogen-bond acceptors (Lipinski definition) is 9. The van der Waals surface area contributed by atoms with E-state index in [2.05, 4.69) is 15.4 Å². The van der Waals surface area contributed by atoms with Gasteiger partial charge in [0.15, 0.2) is 17.9 Å². The lowest BCUT2D eigenvalue weighted by Gasteiger charge is -2.38. The van der Waals surface area contributed by atoms with E-state index in [1.165, 1.54) is 21.8 Å². The lowest BCUT2D eigenvalue weighted by molar-refractivity contribution is -0.123. The molecule has 5 N–H and O–H groups in total. The third-order valence-electron chi connectivity index (χ3n) is 9.50. The number of H-pyrrole nitrogens is 1. The topological polar surface area (TPSA) is 168 Å². The standard InChI is InChI=1S/C38H40FN7O6/c1-21-16-23-18-28(32(47)25-20-41-46(33(25)40)24-10-11-30(22(2)17-24)51-31-9-7-6-8-26(31)39)42-27(23)19-29(21)45-34(48)38(43-35(45)49)12-14-44(15-13-38)36(50)52-37(3,4)5/h6-11,16-20,35,42-43,49H,12-15,40H2,1-5H3. The third-order valence-corrected chi connectivity index (χ3v) is 9.50. The van der Waals surface area contributed by atoms with Crippen LogP contribution in [0.3, 0.4) is 0 Å². The number of anilines is 2. The first kappa shape index (κ1) is 34.7. The summed E-state index contributed by atoms with van der Waals surface area (Å²) in [5.41, 5.74) is 8.30. The molecule has 0 saturated carbocycles. The molecule has 2 aliphatic heterocycles. The second-order valence-corrected chi connectivity index (χ2v) is 14.3. The van der Waals surface area contributed by atoms with Crippen molar-refractivity contribution in [2.45, 2.75) is 65.0 Å². The van der Waals surface area contributed by atoms with Gasteiger partial charge in [0.1, 0.15) is 22.7 Å². The number of piperidine rings is 1. The minimum Gasteiger partial charge on any atom is -0.454 e. The van der Waals surface area contributed by atoms with E-state index in [9.17, 15) is 23.9 Å². The molecule has 7 rings (SSSR count). The highest BCUT2D eigenvalue weighted by molar-refractivity contribution is 6.13. The van der Waals surface area contributed by atoms with Crippen molar-refractivity contribution in [3.05, 3.63) is 95.1 Å². The molecule has 1 unspecified atom stereocenters. The number of aryl methyl sites for hydroxylation is 2. The highest BCUT2D eigenvalue weighted by Crippen LogP contribution is 2.37. The van der Waals surface area contributed by atoms with Gasteiger partial charge in [0, 0.05) is 24.0 Å². The number of aliphatic hydroxyl groups excluding tert-OH is 1. The number of halogens is 1. The van der Waals surface area contributed by atoms with Gasteiger partial charge in [-0.05, 0) is 107 Å². The van der Waals surface area contributed by atoms with Crippen molar-refractivity contribution >= 4 is 40.2 Å². The van der Waals surface area contributed by atoms with E-state index in [4.69, 9.17) is 15.2 Å². The molecule has 2 amide bonds. The van der Waals surface area contributed by atoms with Gasteiger partial charge in [-0.3, -0.25) is 19.8 Å². The molecular weight excluding hydrogens is 669 g/mol. The summed E-state index contributed by atoms with van der Waals surface area (Å²) >= 11 is 0. The Hall–Kier alpha value is -5.73. The second kappa shape index (κ2) is 12.8. The molecule has 14 heteroatoms. The summed E-state index contributed by atoms with van der Waals surface area (Å²) in [6.45, 7) is 9.63. The minimum atomic E-state index is -1.29. The van der Waals surface area contributed by atoms with Crippen LogP contribution in [0.4, 0.5) is 20.7 Å². The number of amides is 2. The van der Waals surface area contributed by atoms with Crippen molar-refractivity contribution in [2.75, 3.05) is 23.7 Å². The van der Waals surface area contributed by atoms with Crippen LogP contribution in [0.5, 0.6) is 11.5 Å². The smallest absolute Gasteiger partial charge is 0.410 e. The van der Waals surface area contributed by atoms with Crippen LogP contribution in [0.1, 0.15) is 60.8 Å². The van der Waals surface area contributed by atoms with Crippen LogP contribution in [0.25, 0.3) is 16.6 Å². The molecule has 2 fully saturated rings. The predicted octanol–water partition coefficient (Wildman–Crippen LogP) is 5.70. The molecule has 1 spiro atoms. The van der Waals surface area contributed by atoms with Crippen molar-refractivity contribution in [1.29, 1.82) is 0 Å². The molecule has 2 aliphatic rings. The van der Waals surface area contributed by atoms with Gasteiger partial charge in [-0.2, -0.15) is 5.10 Å². The van der Waals surface area contributed by atoms with Crippen LogP contribution in [0, 0.1) is 19.7 Å². The number of ketones is 1. The summed E-state index contributed by atoms with van der Waals surface area (Å²) in [5, 5.41) is 19.3. The molecule has 3 aromatic carbocycles. The van der Waals surface area contributed by atoms with Gasteiger partial charge < -0.3 is 30.2 Å². The first-order valence-corrected chi connectivity index (χ1v) is 17.0. The summed E-state index contributed by atoms with van der Waals surface area (Å²) in [5.74, 6) is -0.465. The number of nitrogens with one attached hydrogen (secondary N) is 2. The lowest BCUT2D eigenvalue weighted by Crippen LogP contribution is -2.56. The first-order chi connectivity index (χ1) is 24.6. The number of carbonyl (C=O) groups is 3. The van der Waals surface area contributed by atoms with Gasteiger partial charge in [-0.15, -0.1) is 0 Å². The molecule has 0 radical (unpaired) electrons. The van der Waals surface area contributed by atoms with Crippen molar-refractivity contribution < 1.29 is 33.4 Å². The van der Waals surface area contributed by atoms with Crippen LogP contribution in [-0.2, 0) is 9.53 Å². The normalized spacial score (nSPS) is 17.3. The molecule has 270 valence electrons. The Morgan fingerprint density at radius 1 is 1.02 bits per heavy atom. The van der Waals surface area contributed by atoms with Crippen molar-refractivity contribution in [1.82, 2.24) is 25.0 Å². The number of nitrogens with two attached hydrogens (primary N) is 1. The van der Waals surface area contributed by atoms with Gasteiger partial charge in [0.05, 0.1) is 28.8 Å². The monoisotopic (exact) mass is 709 g/mol. The number of rotatable bonds is 6. The summed E-state index contributed by atoms with van der Waals surface area (Å²) in [6, 6.07) is 16.6. The van der Waals surface area contributed by atoms with Gasteiger partial charge in [-0.1, -0.05) is 12.1 Å². The van der Waals surface area contributed by atoms with E-state index in [0.717, 1.165) is 5.39 Å². The minimum absolute atomic E-state index is 0.103. The largest absolute Gasteiger partial charge is 0.454 e. The molecule has 13 nitrogen and oxygen atoms in total. The Morgan fingerprint density at radius 2 is 1.75 bits per heavy atom. The second-order valence-electron chi connectivity index (χ2n) is 14.3. The number of nitrogens with zero attached hydrogens (tertiary/aromatic N) is 4. The molecule has 2 saturated heterocycles. The van der Waals surface area contributed by atoms with E-state index >= 15 is 0 Å². The number of ether oxygens (including phenoxy) is 2. The van der Waals surface area contributed by atoms with E-state index < -0.39 is 29.4 Å². The number of aromatic nitrogens is 3. The summed E-state index contributed by atoms with van der Waals surface area (Å²) < 4.78 is 26.8. The van der Waals surface area contributed by atoms with Crippen molar-refractivity contribution in [3.8, 4) is 17.2 Å². The number of nitrogen functional groups attached to an aromatic ring is 1. The Labute approximate surface area is 299 Å². The molecule has 0 bridgehead atoms. The maximum Gasteiger partial charge on any atom is 0.410 e. The maximum absolute atomic E-state index is 14.1. The fourth-order valence-electron chi connectivity index (χ4n) is 6.79. The Kier molecular flexibility index (Phi) is 8.54. The number of para-hydroxylation sites is 1. The SMILES string of the molecule is Cc1cc(-n2ncc(C(=O)c3cc4cc(C)c(N5C(=O)C6(CCN(C(=O)OC(C)(C)C)CC6)NC5O)cc4[nH]3)c2N)ccc1Oc1ccccc1F. The highest BCUT2D eigenvalue weighted by atomic mass is 19.1. The van der Waals surface area contributed by atoms with E-state index in [-0.39, 0.29) is 34.5 Å². The highest BCUT2D eigenvalue weighted by Gasteiger charge is 2.53. The molecular formula is C38H40FN7O6. The van der Waals surface area contributed by atoms with Crippen molar-refractivity contribution in [3.63, 3.8) is 0 Å². The molecule has 2 aromatic heterocycles. The number of hydrogen-bond donors (Lipinski definition) is 4. The Bertz CT molecular complexity index is 2230. The molecule has 0 aliphatic carbocycles. The zero-order valence-corrected chi connectivity index (χ0v) is 29.5. The number of benzene rings is 3. The molecule has 1 atom stereocenters. The molecule has 5 aromatic rings. The quantitative estimate of drug-likeness (QED) is 0.162. The summed E-state index contributed by atoms with van der Waals surface area (Å²) in [4.78, 5) is 46.4. The average Bonchev–Trinajstić information content (AvgIpc) is 3.75. The number of carbonyl (C=O) groups excluding carboxylic acids is 3. The van der Waals surface area contributed by atoms with Crippen LogP contribution < -0.4 is 20.7 Å². The zero-order chi connectivity index (χ0) is 37.1. The average molecular weight is 710 g/mol. The van der Waals surface area contributed by atoms with Crippen LogP contribution >= 0.6 is 0 Å². The lowest BCUT2D eigenvalue weighted by atomic mass is 9.87.